The minimum atomic E-state index is -0.928. The van der Waals surface area contributed by atoms with E-state index in [1.165, 1.54) is 12.2 Å². The van der Waals surface area contributed by atoms with E-state index in [2.05, 4.69) is 0 Å². The summed E-state index contributed by atoms with van der Waals surface area (Å²) in [7, 11) is 0. The van der Waals surface area contributed by atoms with E-state index in [1.807, 2.05) is 6.07 Å². The molecule has 1 aromatic carbocycles. The molecule has 0 aliphatic heterocycles. The third-order valence-electron chi connectivity index (χ3n) is 2.51. The monoisotopic (exact) mass is 262 g/mol. The normalized spacial score (nSPS) is 18.3. The van der Waals surface area contributed by atoms with Crippen molar-refractivity contribution >= 4 is 5.97 Å². The molecule has 0 heterocycles. The molecule has 5 heteroatoms. The molecule has 0 fully saturated rings. The van der Waals surface area contributed by atoms with Crippen molar-refractivity contribution in [3.05, 3.63) is 54.0 Å². The molecule has 2 N–H and O–H groups in total. The zero-order valence-corrected chi connectivity index (χ0v) is 10.2. The molecule has 0 bridgehead atoms. The zero-order chi connectivity index (χ0) is 13.7. The molecule has 1 aromatic rings. The number of esters is 1. The van der Waals surface area contributed by atoms with Crippen LogP contribution in [0.15, 0.2) is 54.0 Å². The molecule has 0 aromatic heterocycles. The number of benzene rings is 1. The number of carbonyl (C=O) groups excluding carboxylic acids is 1. The molecule has 1 atom stereocenters. The van der Waals surface area contributed by atoms with E-state index in [4.69, 9.17) is 9.47 Å². The predicted octanol–water partition coefficient (Wildman–Crippen LogP) is 1.70. The zero-order valence-electron chi connectivity index (χ0n) is 10.2. The number of aliphatic hydroxyl groups is 2. The number of rotatable bonds is 4. The second-order valence-electron chi connectivity index (χ2n) is 4.00. The summed E-state index contributed by atoms with van der Waals surface area (Å²) in [5, 5.41) is 18.6. The van der Waals surface area contributed by atoms with Crippen molar-refractivity contribution < 1.29 is 24.5 Å². The van der Waals surface area contributed by atoms with Crippen LogP contribution < -0.4 is 4.74 Å². The first kappa shape index (κ1) is 13.2. The average molecular weight is 262 g/mol. The minimum Gasteiger partial charge on any atom is -0.509 e. The molecule has 5 nitrogen and oxygen atoms in total. The van der Waals surface area contributed by atoms with Crippen molar-refractivity contribution in [1.82, 2.24) is 0 Å². The summed E-state index contributed by atoms with van der Waals surface area (Å²) >= 11 is 0. The van der Waals surface area contributed by atoms with Gasteiger partial charge >= 0.3 is 5.97 Å². The van der Waals surface area contributed by atoms with Crippen LogP contribution in [0.4, 0.5) is 0 Å². The van der Waals surface area contributed by atoms with E-state index in [0.717, 1.165) is 0 Å². The maximum atomic E-state index is 11.5. The highest BCUT2D eigenvalue weighted by Crippen LogP contribution is 2.17. The standard InChI is InChI=1S/C14H14O5/c15-12-7-6-11(8-13(12)16)19-14(17)9-18-10-4-2-1-3-5-10/h1-6,8,12,15-16H,7,9H2. The largest absolute Gasteiger partial charge is 0.509 e. The highest BCUT2D eigenvalue weighted by atomic mass is 16.6. The Hall–Kier alpha value is -2.27. The van der Waals surface area contributed by atoms with Crippen LogP contribution in [0, 0.1) is 0 Å². The van der Waals surface area contributed by atoms with Gasteiger partial charge in [-0.2, -0.15) is 0 Å². The first-order chi connectivity index (χ1) is 9.15. The van der Waals surface area contributed by atoms with Gasteiger partial charge in [-0.05, 0) is 18.2 Å². The summed E-state index contributed by atoms with van der Waals surface area (Å²) in [4.78, 5) is 11.5. The molecule has 19 heavy (non-hydrogen) atoms. The number of aliphatic hydroxyl groups excluding tert-OH is 2. The van der Waals surface area contributed by atoms with Gasteiger partial charge in [-0.1, -0.05) is 18.2 Å². The number of hydrogen-bond acceptors (Lipinski definition) is 5. The first-order valence-corrected chi connectivity index (χ1v) is 5.82. The Bertz CT molecular complexity index is 504. The van der Waals surface area contributed by atoms with Crippen molar-refractivity contribution in [2.75, 3.05) is 6.61 Å². The Labute approximate surface area is 110 Å². The van der Waals surface area contributed by atoms with E-state index < -0.39 is 12.1 Å². The molecule has 1 aliphatic rings. The fourth-order valence-corrected chi connectivity index (χ4v) is 1.54. The van der Waals surface area contributed by atoms with Crippen LogP contribution in [0.2, 0.25) is 0 Å². The molecule has 0 radical (unpaired) electrons. The molecule has 2 rings (SSSR count). The summed E-state index contributed by atoms with van der Waals surface area (Å²) in [5.74, 6) is 0.000155. The minimum absolute atomic E-state index is 0.212. The summed E-state index contributed by atoms with van der Waals surface area (Å²) in [5.41, 5.74) is 0. The number of allylic oxidation sites excluding steroid dienone is 1. The van der Waals surface area contributed by atoms with Crippen LogP contribution in [-0.2, 0) is 9.53 Å². The van der Waals surface area contributed by atoms with Gasteiger partial charge in [0.15, 0.2) is 6.61 Å². The highest BCUT2D eigenvalue weighted by molar-refractivity contribution is 5.72. The van der Waals surface area contributed by atoms with Gasteiger partial charge in [-0.3, -0.25) is 0 Å². The van der Waals surface area contributed by atoms with Crippen LogP contribution in [0.1, 0.15) is 6.42 Å². The lowest BCUT2D eigenvalue weighted by molar-refractivity contribution is -0.141. The van der Waals surface area contributed by atoms with Crippen molar-refractivity contribution in [2.24, 2.45) is 0 Å². The molecular formula is C14H14O5. The fourth-order valence-electron chi connectivity index (χ4n) is 1.54. The fraction of sp³-hybridized carbons (Fsp3) is 0.214. The van der Waals surface area contributed by atoms with Crippen molar-refractivity contribution in [3.8, 4) is 5.75 Å². The summed E-state index contributed by atoms with van der Waals surface area (Å²) in [6.07, 6.45) is 2.03. The average Bonchev–Trinajstić information content (AvgIpc) is 2.42. The summed E-state index contributed by atoms with van der Waals surface area (Å²) in [6.45, 7) is -0.224. The first-order valence-electron chi connectivity index (χ1n) is 5.82. The van der Waals surface area contributed by atoms with Gasteiger partial charge in [0.25, 0.3) is 0 Å². The number of para-hydroxylation sites is 1. The predicted molar refractivity (Wildman–Crippen MR) is 67.4 cm³/mol. The lowest BCUT2D eigenvalue weighted by atomic mass is 10.1. The van der Waals surface area contributed by atoms with Crippen molar-refractivity contribution in [1.29, 1.82) is 0 Å². The van der Waals surface area contributed by atoms with Crippen LogP contribution in [0.5, 0.6) is 5.75 Å². The molecule has 0 amide bonds. The number of hydrogen-bond donors (Lipinski definition) is 2. The van der Waals surface area contributed by atoms with Crippen molar-refractivity contribution in [3.63, 3.8) is 0 Å². The topological polar surface area (TPSA) is 76.0 Å². The summed E-state index contributed by atoms with van der Waals surface area (Å²) in [6, 6.07) is 8.90. The Morgan fingerprint density at radius 2 is 2.05 bits per heavy atom. The molecule has 1 aliphatic carbocycles. The molecular weight excluding hydrogens is 248 g/mol. The van der Waals surface area contributed by atoms with Gasteiger partial charge in [0, 0.05) is 12.5 Å². The SMILES string of the molecule is O=C(COc1ccccc1)OC1=CCC(O)C(O)=C1. The van der Waals surface area contributed by atoms with Crippen LogP contribution >= 0.6 is 0 Å². The van der Waals surface area contributed by atoms with Crippen molar-refractivity contribution in [2.45, 2.75) is 12.5 Å². The van der Waals surface area contributed by atoms with E-state index in [9.17, 15) is 15.0 Å². The number of carbonyl (C=O) groups is 1. The van der Waals surface area contributed by atoms with E-state index in [1.54, 1.807) is 24.3 Å². The molecule has 0 saturated carbocycles. The summed E-state index contributed by atoms with van der Waals surface area (Å²) < 4.78 is 10.2. The quantitative estimate of drug-likeness (QED) is 0.808. The second kappa shape index (κ2) is 6.06. The molecule has 1 unspecified atom stereocenters. The third kappa shape index (κ3) is 3.86. The smallest absolute Gasteiger partial charge is 0.349 e. The Kier molecular flexibility index (Phi) is 4.20. The maximum Gasteiger partial charge on any atom is 0.349 e. The van der Waals surface area contributed by atoms with E-state index >= 15 is 0 Å². The Morgan fingerprint density at radius 3 is 2.74 bits per heavy atom. The van der Waals surface area contributed by atoms with Gasteiger partial charge in [0.05, 0.1) is 0 Å². The van der Waals surface area contributed by atoms with Crippen LogP contribution in [0.3, 0.4) is 0 Å². The lowest BCUT2D eigenvalue weighted by Gasteiger charge is -2.14. The Morgan fingerprint density at radius 1 is 1.32 bits per heavy atom. The number of ether oxygens (including phenoxy) is 2. The molecule has 0 spiro atoms. The van der Waals surface area contributed by atoms with Gasteiger partial charge in [0.2, 0.25) is 0 Å². The van der Waals surface area contributed by atoms with Crippen LogP contribution in [0.25, 0.3) is 0 Å². The van der Waals surface area contributed by atoms with Gasteiger partial charge in [-0.25, -0.2) is 4.79 Å². The molecule has 100 valence electrons. The van der Waals surface area contributed by atoms with E-state index in [0.29, 0.717) is 5.75 Å². The molecule has 0 saturated heterocycles. The Balaban J connectivity index is 1.82. The lowest BCUT2D eigenvalue weighted by Crippen LogP contribution is -2.18. The van der Waals surface area contributed by atoms with Gasteiger partial charge in [0.1, 0.15) is 23.4 Å². The van der Waals surface area contributed by atoms with Gasteiger partial charge in [-0.15, -0.1) is 0 Å². The highest BCUT2D eigenvalue weighted by Gasteiger charge is 2.16. The van der Waals surface area contributed by atoms with E-state index in [-0.39, 0.29) is 24.5 Å². The van der Waals surface area contributed by atoms with Crippen LogP contribution in [-0.4, -0.2) is 28.9 Å². The maximum absolute atomic E-state index is 11.5. The van der Waals surface area contributed by atoms with Gasteiger partial charge < -0.3 is 19.7 Å². The second-order valence-corrected chi connectivity index (χ2v) is 4.00. The third-order valence-corrected chi connectivity index (χ3v) is 2.51.